The molecular formula is C24H24N6O4. The molecule has 34 heavy (non-hydrogen) atoms. The van der Waals surface area contributed by atoms with Gasteiger partial charge in [-0.2, -0.15) is 9.66 Å². The first-order valence-corrected chi connectivity index (χ1v) is 11.0. The lowest BCUT2D eigenvalue weighted by molar-refractivity contribution is 0.0789. The number of benzene rings is 2. The van der Waals surface area contributed by atoms with Crippen molar-refractivity contribution >= 4 is 34.5 Å². The summed E-state index contributed by atoms with van der Waals surface area (Å²) in [5, 5.41) is 3.14. The SMILES string of the molecule is COc1cc(Nc2ncc(C)c(Nn3c(=O)oc4ccccc43)n2)ccc1C(=O)N1CCCC1. The number of carbonyl (C=O) groups is 1. The number of nitrogens with one attached hydrogen (secondary N) is 2. The van der Waals surface area contributed by atoms with E-state index in [2.05, 4.69) is 20.7 Å². The van der Waals surface area contributed by atoms with Gasteiger partial charge in [0.15, 0.2) is 11.4 Å². The molecule has 1 saturated heterocycles. The van der Waals surface area contributed by atoms with E-state index >= 15 is 0 Å². The molecule has 5 rings (SSSR count). The normalized spacial score (nSPS) is 13.3. The van der Waals surface area contributed by atoms with E-state index in [0.29, 0.717) is 39.9 Å². The van der Waals surface area contributed by atoms with E-state index in [4.69, 9.17) is 9.15 Å². The van der Waals surface area contributed by atoms with E-state index in [9.17, 15) is 9.59 Å². The van der Waals surface area contributed by atoms with Crippen LogP contribution < -0.4 is 21.2 Å². The predicted octanol–water partition coefficient (Wildman–Crippen LogP) is 3.56. The minimum absolute atomic E-state index is 0.0308. The van der Waals surface area contributed by atoms with Crippen LogP contribution in [-0.2, 0) is 0 Å². The van der Waals surface area contributed by atoms with Crippen molar-refractivity contribution in [3.8, 4) is 5.75 Å². The highest BCUT2D eigenvalue weighted by Gasteiger charge is 2.22. The van der Waals surface area contributed by atoms with Gasteiger partial charge in [0.2, 0.25) is 5.95 Å². The fraction of sp³-hybridized carbons (Fsp3) is 0.250. The number of fused-ring (bicyclic) bond motifs is 1. The molecule has 10 nitrogen and oxygen atoms in total. The second-order valence-corrected chi connectivity index (χ2v) is 8.05. The van der Waals surface area contributed by atoms with Gasteiger partial charge in [-0.15, -0.1) is 0 Å². The molecule has 3 heterocycles. The molecular weight excluding hydrogens is 436 g/mol. The third kappa shape index (κ3) is 4.05. The Morgan fingerprint density at radius 1 is 1.15 bits per heavy atom. The molecule has 1 aliphatic rings. The number of carbonyl (C=O) groups excluding carboxylic acids is 1. The van der Waals surface area contributed by atoms with Crippen molar-refractivity contribution in [1.82, 2.24) is 19.5 Å². The molecule has 174 valence electrons. The number of aryl methyl sites for hydroxylation is 1. The number of methoxy groups -OCH3 is 1. The third-order valence-corrected chi connectivity index (χ3v) is 5.76. The summed E-state index contributed by atoms with van der Waals surface area (Å²) in [5.74, 6) is 0.658. The van der Waals surface area contributed by atoms with Gasteiger partial charge in [-0.05, 0) is 44.0 Å². The quantitative estimate of drug-likeness (QED) is 0.449. The van der Waals surface area contributed by atoms with Crippen molar-refractivity contribution < 1.29 is 13.9 Å². The van der Waals surface area contributed by atoms with Crippen molar-refractivity contribution in [2.75, 3.05) is 30.9 Å². The van der Waals surface area contributed by atoms with Gasteiger partial charge in [0.25, 0.3) is 5.91 Å². The second-order valence-electron chi connectivity index (χ2n) is 8.05. The summed E-state index contributed by atoms with van der Waals surface area (Å²) in [4.78, 5) is 35.8. The van der Waals surface area contributed by atoms with Gasteiger partial charge < -0.3 is 19.4 Å². The number of nitrogens with zero attached hydrogens (tertiary/aromatic N) is 4. The maximum Gasteiger partial charge on any atom is 0.439 e. The number of hydrogen-bond acceptors (Lipinski definition) is 8. The molecule has 1 aliphatic heterocycles. The highest BCUT2D eigenvalue weighted by molar-refractivity contribution is 5.97. The molecule has 2 aromatic carbocycles. The topological polar surface area (TPSA) is 115 Å². The fourth-order valence-electron chi connectivity index (χ4n) is 3.96. The first-order valence-electron chi connectivity index (χ1n) is 11.0. The Bertz CT molecular complexity index is 1420. The third-order valence-electron chi connectivity index (χ3n) is 5.76. The molecule has 0 radical (unpaired) electrons. The van der Waals surface area contributed by atoms with Crippen LogP contribution in [0.25, 0.3) is 11.1 Å². The van der Waals surface area contributed by atoms with Gasteiger partial charge in [-0.1, -0.05) is 12.1 Å². The van der Waals surface area contributed by atoms with E-state index in [-0.39, 0.29) is 5.91 Å². The van der Waals surface area contributed by atoms with Crippen LogP contribution in [0.5, 0.6) is 5.75 Å². The van der Waals surface area contributed by atoms with E-state index in [0.717, 1.165) is 31.5 Å². The van der Waals surface area contributed by atoms with Gasteiger partial charge in [0.1, 0.15) is 11.3 Å². The molecule has 4 aromatic rings. The summed E-state index contributed by atoms with van der Waals surface area (Å²) in [6.07, 6.45) is 3.69. The van der Waals surface area contributed by atoms with E-state index in [1.807, 2.05) is 17.9 Å². The number of aromatic nitrogens is 3. The average molecular weight is 460 g/mol. The standard InChI is InChI=1S/C24H24N6O4/c1-15-14-25-23(27-21(15)28-30-18-7-3-4-8-19(18)34-24(30)32)26-16-9-10-17(20(13-16)33-2)22(31)29-11-5-6-12-29/h3-4,7-10,13-14H,5-6,11-12H2,1-2H3,(H2,25,26,27,28). The van der Waals surface area contributed by atoms with Gasteiger partial charge >= 0.3 is 5.76 Å². The van der Waals surface area contributed by atoms with E-state index in [1.54, 1.807) is 42.6 Å². The summed E-state index contributed by atoms with van der Waals surface area (Å²) in [5.41, 5.74) is 6.01. The maximum atomic E-state index is 12.8. The molecule has 10 heteroatoms. The molecule has 0 unspecified atom stereocenters. The van der Waals surface area contributed by atoms with E-state index in [1.165, 1.54) is 11.8 Å². The summed E-state index contributed by atoms with van der Waals surface area (Å²) in [7, 11) is 1.54. The summed E-state index contributed by atoms with van der Waals surface area (Å²) in [6, 6.07) is 12.4. The number of para-hydroxylation sites is 2. The number of likely N-dealkylation sites (tertiary alicyclic amines) is 1. The van der Waals surface area contributed by atoms with Crippen LogP contribution in [0.3, 0.4) is 0 Å². The molecule has 2 N–H and O–H groups in total. The highest BCUT2D eigenvalue weighted by atomic mass is 16.5. The lowest BCUT2D eigenvalue weighted by atomic mass is 10.1. The Morgan fingerprint density at radius 3 is 2.74 bits per heavy atom. The molecule has 1 fully saturated rings. The number of hydrogen-bond donors (Lipinski definition) is 2. The molecule has 2 aromatic heterocycles. The highest BCUT2D eigenvalue weighted by Crippen LogP contribution is 2.27. The largest absolute Gasteiger partial charge is 0.496 e. The maximum absolute atomic E-state index is 12.8. The molecule has 0 aliphatic carbocycles. The summed E-state index contributed by atoms with van der Waals surface area (Å²) in [6.45, 7) is 3.37. The zero-order valence-electron chi connectivity index (χ0n) is 18.9. The molecule has 1 amide bonds. The molecule has 0 atom stereocenters. The Hall–Kier alpha value is -4.34. The first kappa shape index (κ1) is 21.5. The first-order chi connectivity index (χ1) is 16.5. The monoisotopic (exact) mass is 460 g/mol. The zero-order chi connectivity index (χ0) is 23.7. The predicted molar refractivity (Wildman–Crippen MR) is 128 cm³/mol. The van der Waals surface area contributed by atoms with Crippen LogP contribution in [0, 0.1) is 6.92 Å². The van der Waals surface area contributed by atoms with Gasteiger partial charge in [0, 0.05) is 36.6 Å². The molecule has 0 spiro atoms. The van der Waals surface area contributed by atoms with Crippen molar-refractivity contribution in [3.05, 3.63) is 70.3 Å². The lowest BCUT2D eigenvalue weighted by Crippen LogP contribution is -2.27. The van der Waals surface area contributed by atoms with Crippen molar-refractivity contribution in [3.63, 3.8) is 0 Å². The van der Waals surface area contributed by atoms with Gasteiger partial charge in [0.05, 0.1) is 12.7 Å². The van der Waals surface area contributed by atoms with Crippen LogP contribution in [0.15, 0.2) is 57.9 Å². The fourth-order valence-corrected chi connectivity index (χ4v) is 3.96. The van der Waals surface area contributed by atoms with Crippen LogP contribution in [0.1, 0.15) is 28.8 Å². The Kier molecular flexibility index (Phi) is 5.62. The lowest BCUT2D eigenvalue weighted by Gasteiger charge is -2.18. The Balaban J connectivity index is 1.40. The Labute approximate surface area is 195 Å². The number of anilines is 3. The van der Waals surface area contributed by atoms with Crippen molar-refractivity contribution in [2.45, 2.75) is 19.8 Å². The van der Waals surface area contributed by atoms with Gasteiger partial charge in [-0.25, -0.2) is 9.78 Å². The number of rotatable bonds is 6. The van der Waals surface area contributed by atoms with Crippen LogP contribution in [0.2, 0.25) is 0 Å². The number of oxazole rings is 1. The minimum atomic E-state index is -0.545. The Morgan fingerprint density at radius 2 is 1.94 bits per heavy atom. The second kappa shape index (κ2) is 8.89. The minimum Gasteiger partial charge on any atom is -0.496 e. The zero-order valence-corrected chi connectivity index (χ0v) is 18.9. The molecule has 0 bridgehead atoms. The van der Waals surface area contributed by atoms with Crippen LogP contribution in [0.4, 0.5) is 17.5 Å². The van der Waals surface area contributed by atoms with Crippen molar-refractivity contribution in [2.24, 2.45) is 0 Å². The van der Waals surface area contributed by atoms with Crippen LogP contribution in [-0.4, -0.2) is 45.7 Å². The van der Waals surface area contributed by atoms with Crippen molar-refractivity contribution in [1.29, 1.82) is 0 Å². The number of ether oxygens (including phenoxy) is 1. The summed E-state index contributed by atoms with van der Waals surface area (Å²) >= 11 is 0. The molecule has 0 saturated carbocycles. The smallest absolute Gasteiger partial charge is 0.439 e. The van der Waals surface area contributed by atoms with Gasteiger partial charge in [-0.3, -0.25) is 10.2 Å². The van der Waals surface area contributed by atoms with Crippen LogP contribution >= 0.6 is 0 Å². The average Bonchev–Trinajstić information content (AvgIpc) is 3.49. The van der Waals surface area contributed by atoms with E-state index < -0.39 is 5.76 Å². The number of amides is 1. The summed E-state index contributed by atoms with van der Waals surface area (Å²) < 4.78 is 12.1.